The molecule has 0 saturated heterocycles. The highest BCUT2D eigenvalue weighted by atomic mass is 32.2. The number of nitrogens with zero attached hydrogens (tertiary/aromatic N) is 2. The van der Waals surface area contributed by atoms with E-state index in [9.17, 15) is 18.5 Å². The first-order valence-electron chi connectivity index (χ1n) is 7.60. The van der Waals surface area contributed by atoms with Crippen molar-refractivity contribution in [3.63, 3.8) is 0 Å². The summed E-state index contributed by atoms with van der Waals surface area (Å²) in [6, 6.07) is 15.9. The minimum absolute atomic E-state index is 0.193. The van der Waals surface area contributed by atoms with Crippen molar-refractivity contribution in [1.82, 2.24) is 5.32 Å². The van der Waals surface area contributed by atoms with Crippen LogP contribution in [0.25, 0.3) is 0 Å². The van der Waals surface area contributed by atoms with E-state index in [0.29, 0.717) is 6.54 Å². The zero-order valence-corrected chi connectivity index (χ0v) is 14.9. The quantitative estimate of drug-likeness (QED) is 0.855. The van der Waals surface area contributed by atoms with Crippen LogP contribution < -0.4 is 9.62 Å². The smallest absolute Gasteiger partial charge is 0.241 e. The second kappa shape index (κ2) is 7.81. The molecule has 2 rings (SSSR count). The second-order valence-electron chi connectivity index (χ2n) is 5.66. The van der Waals surface area contributed by atoms with Gasteiger partial charge < -0.3 is 5.32 Å². The van der Waals surface area contributed by atoms with E-state index in [-0.39, 0.29) is 17.8 Å². The molecule has 2 aromatic rings. The van der Waals surface area contributed by atoms with Crippen LogP contribution in [0, 0.1) is 18.3 Å². The predicted molar refractivity (Wildman–Crippen MR) is 96.4 cm³/mol. The Hall–Kier alpha value is -2.85. The lowest BCUT2D eigenvalue weighted by Gasteiger charge is -2.22. The Morgan fingerprint density at radius 2 is 1.92 bits per heavy atom. The summed E-state index contributed by atoms with van der Waals surface area (Å²) in [5, 5.41) is 11.9. The summed E-state index contributed by atoms with van der Waals surface area (Å²) in [5.74, 6) is -0.445. The highest BCUT2D eigenvalue weighted by Crippen LogP contribution is 2.21. The Balaban J connectivity index is 2.15. The van der Waals surface area contributed by atoms with Crippen molar-refractivity contribution in [2.24, 2.45) is 0 Å². The summed E-state index contributed by atoms with van der Waals surface area (Å²) in [6.07, 6.45) is 1.01. The molecule has 0 aliphatic rings. The van der Waals surface area contributed by atoms with Crippen LogP contribution >= 0.6 is 0 Å². The van der Waals surface area contributed by atoms with Gasteiger partial charge in [-0.2, -0.15) is 5.26 Å². The Kier molecular flexibility index (Phi) is 5.78. The molecule has 0 bridgehead atoms. The van der Waals surface area contributed by atoms with Crippen LogP contribution in [0.5, 0.6) is 0 Å². The minimum atomic E-state index is -3.71. The fourth-order valence-corrected chi connectivity index (χ4v) is 3.24. The number of hydrogen-bond donors (Lipinski definition) is 1. The number of nitrogens with one attached hydrogen (secondary N) is 1. The average Bonchev–Trinajstić information content (AvgIpc) is 2.57. The van der Waals surface area contributed by atoms with Gasteiger partial charge in [-0.05, 0) is 24.6 Å². The SMILES string of the molecule is Cc1cccc(CNC(=O)CN(c2ccccc2C#N)S(C)(=O)=O)c1. The number of para-hydroxylation sites is 1. The summed E-state index contributed by atoms with van der Waals surface area (Å²) < 4.78 is 25.1. The number of nitriles is 1. The number of rotatable bonds is 6. The van der Waals surface area contributed by atoms with Gasteiger partial charge in [-0.15, -0.1) is 0 Å². The molecule has 130 valence electrons. The van der Waals surface area contributed by atoms with Crippen LogP contribution in [0.4, 0.5) is 5.69 Å². The summed E-state index contributed by atoms with van der Waals surface area (Å²) >= 11 is 0. The zero-order chi connectivity index (χ0) is 18.4. The van der Waals surface area contributed by atoms with Crippen LogP contribution in [0.15, 0.2) is 48.5 Å². The van der Waals surface area contributed by atoms with Crippen molar-refractivity contribution >= 4 is 21.6 Å². The van der Waals surface area contributed by atoms with Crippen molar-refractivity contribution in [2.45, 2.75) is 13.5 Å². The first kappa shape index (κ1) is 18.5. The monoisotopic (exact) mass is 357 g/mol. The molecule has 0 unspecified atom stereocenters. The number of sulfonamides is 1. The molecule has 0 aromatic heterocycles. The molecule has 0 aliphatic carbocycles. The Morgan fingerprint density at radius 3 is 2.56 bits per heavy atom. The van der Waals surface area contributed by atoms with E-state index >= 15 is 0 Å². The molecule has 7 heteroatoms. The number of benzene rings is 2. The van der Waals surface area contributed by atoms with Gasteiger partial charge in [0.2, 0.25) is 15.9 Å². The van der Waals surface area contributed by atoms with Crippen molar-refractivity contribution in [3.8, 4) is 6.07 Å². The lowest BCUT2D eigenvalue weighted by molar-refractivity contribution is -0.119. The maximum atomic E-state index is 12.2. The van der Waals surface area contributed by atoms with E-state index in [4.69, 9.17) is 0 Å². The van der Waals surface area contributed by atoms with Crippen molar-refractivity contribution < 1.29 is 13.2 Å². The molecule has 0 spiro atoms. The topological polar surface area (TPSA) is 90.3 Å². The molecule has 25 heavy (non-hydrogen) atoms. The summed E-state index contributed by atoms with van der Waals surface area (Å²) in [7, 11) is -3.71. The van der Waals surface area contributed by atoms with Crippen molar-refractivity contribution in [3.05, 3.63) is 65.2 Å². The van der Waals surface area contributed by atoms with E-state index in [1.165, 1.54) is 12.1 Å². The molecule has 0 aliphatic heterocycles. The number of hydrogen-bond acceptors (Lipinski definition) is 4. The molecule has 0 saturated carbocycles. The molecule has 2 aromatic carbocycles. The van der Waals surface area contributed by atoms with Gasteiger partial charge in [-0.3, -0.25) is 9.10 Å². The Morgan fingerprint density at radius 1 is 1.20 bits per heavy atom. The molecule has 1 N–H and O–H groups in total. The standard InChI is InChI=1S/C18H19N3O3S/c1-14-6-5-7-15(10-14)12-20-18(22)13-21(25(2,23)24)17-9-4-3-8-16(17)11-19/h3-10H,12-13H2,1-2H3,(H,20,22). The highest BCUT2D eigenvalue weighted by molar-refractivity contribution is 7.92. The molecule has 0 fully saturated rings. The molecular weight excluding hydrogens is 338 g/mol. The Labute approximate surface area is 147 Å². The summed E-state index contributed by atoms with van der Waals surface area (Å²) in [5.41, 5.74) is 2.39. The van der Waals surface area contributed by atoms with Crippen LogP contribution in [0.3, 0.4) is 0 Å². The van der Waals surface area contributed by atoms with Gasteiger partial charge in [0, 0.05) is 6.54 Å². The minimum Gasteiger partial charge on any atom is -0.350 e. The third-order valence-corrected chi connectivity index (χ3v) is 4.68. The molecule has 0 atom stereocenters. The number of amides is 1. The first-order chi connectivity index (χ1) is 11.8. The lowest BCUT2D eigenvalue weighted by Crippen LogP contribution is -2.40. The van der Waals surface area contributed by atoms with Gasteiger partial charge >= 0.3 is 0 Å². The zero-order valence-electron chi connectivity index (χ0n) is 14.1. The van der Waals surface area contributed by atoms with E-state index in [1.54, 1.807) is 12.1 Å². The second-order valence-corrected chi connectivity index (χ2v) is 7.57. The Bertz CT molecular complexity index is 917. The van der Waals surface area contributed by atoms with Gasteiger partial charge in [-0.1, -0.05) is 42.0 Å². The molecule has 6 nitrogen and oxygen atoms in total. The maximum Gasteiger partial charge on any atom is 0.241 e. The predicted octanol–water partition coefficient (Wildman–Crippen LogP) is 1.95. The third-order valence-electron chi connectivity index (χ3n) is 3.55. The van der Waals surface area contributed by atoms with Crippen molar-refractivity contribution in [2.75, 3.05) is 17.1 Å². The fraction of sp³-hybridized carbons (Fsp3) is 0.222. The highest BCUT2D eigenvalue weighted by Gasteiger charge is 2.23. The number of carbonyl (C=O) groups is 1. The molecule has 0 radical (unpaired) electrons. The van der Waals surface area contributed by atoms with Crippen LogP contribution in [-0.4, -0.2) is 27.1 Å². The van der Waals surface area contributed by atoms with E-state index in [0.717, 1.165) is 21.7 Å². The summed E-state index contributed by atoms with van der Waals surface area (Å²) in [6.45, 7) is 1.87. The van der Waals surface area contributed by atoms with E-state index in [1.807, 2.05) is 37.3 Å². The maximum absolute atomic E-state index is 12.2. The van der Waals surface area contributed by atoms with Gasteiger partial charge in [-0.25, -0.2) is 8.42 Å². The van der Waals surface area contributed by atoms with Crippen LogP contribution in [0.1, 0.15) is 16.7 Å². The van der Waals surface area contributed by atoms with Crippen LogP contribution in [0.2, 0.25) is 0 Å². The largest absolute Gasteiger partial charge is 0.350 e. The number of anilines is 1. The number of aryl methyl sites for hydroxylation is 1. The van der Waals surface area contributed by atoms with Crippen molar-refractivity contribution in [1.29, 1.82) is 5.26 Å². The van der Waals surface area contributed by atoms with Gasteiger partial charge in [0.05, 0.1) is 17.5 Å². The molecule has 1 amide bonds. The van der Waals surface area contributed by atoms with Crippen LogP contribution in [-0.2, 0) is 21.4 Å². The normalized spacial score (nSPS) is 10.8. The van der Waals surface area contributed by atoms with Gasteiger partial charge in [0.15, 0.2) is 0 Å². The summed E-state index contributed by atoms with van der Waals surface area (Å²) in [4.78, 5) is 12.2. The third kappa shape index (κ3) is 5.06. The molecular formula is C18H19N3O3S. The van der Waals surface area contributed by atoms with Gasteiger partial charge in [0.25, 0.3) is 0 Å². The fourth-order valence-electron chi connectivity index (χ4n) is 2.38. The lowest BCUT2D eigenvalue weighted by atomic mass is 10.1. The average molecular weight is 357 g/mol. The van der Waals surface area contributed by atoms with E-state index < -0.39 is 15.9 Å². The van der Waals surface area contributed by atoms with E-state index in [2.05, 4.69) is 5.32 Å². The first-order valence-corrected chi connectivity index (χ1v) is 9.45. The number of carbonyl (C=O) groups excluding carboxylic acids is 1. The van der Waals surface area contributed by atoms with Gasteiger partial charge in [0.1, 0.15) is 12.6 Å². The molecule has 0 heterocycles.